The number of anilines is 2. The van der Waals surface area contributed by atoms with Gasteiger partial charge in [-0.15, -0.1) is 0 Å². The highest BCUT2D eigenvalue weighted by atomic mass is 16.5. The summed E-state index contributed by atoms with van der Waals surface area (Å²) in [7, 11) is 0. The summed E-state index contributed by atoms with van der Waals surface area (Å²) in [6, 6.07) is 16.1. The number of ether oxygens (including phenoxy) is 1. The van der Waals surface area contributed by atoms with Crippen LogP contribution in [-0.2, 0) is 0 Å². The van der Waals surface area contributed by atoms with Crippen molar-refractivity contribution in [3.63, 3.8) is 0 Å². The van der Waals surface area contributed by atoms with E-state index >= 15 is 0 Å². The molecule has 4 nitrogen and oxygen atoms in total. The standard InChI is InChI=1S/C20H21N3O/c1-4-24-18-12-16(17-10-6-5-8-14(17)2)13-21-20(18)23-19-11-7-9-15(3)22-19/h5-13H,4H2,1-3H3,(H,21,22,23). The Hall–Kier alpha value is -2.88. The molecule has 3 aromatic rings. The third kappa shape index (κ3) is 3.54. The fourth-order valence-electron chi connectivity index (χ4n) is 2.58. The first-order valence-electron chi connectivity index (χ1n) is 8.07. The van der Waals surface area contributed by atoms with Crippen molar-refractivity contribution in [3.05, 3.63) is 66.0 Å². The molecule has 0 fully saturated rings. The van der Waals surface area contributed by atoms with Crippen molar-refractivity contribution < 1.29 is 4.74 Å². The van der Waals surface area contributed by atoms with Crippen molar-refractivity contribution in [3.8, 4) is 16.9 Å². The molecule has 4 heteroatoms. The Bertz CT molecular complexity index is 846. The molecule has 0 aliphatic carbocycles. The first kappa shape index (κ1) is 16.0. The molecular formula is C20H21N3O. The summed E-state index contributed by atoms with van der Waals surface area (Å²) in [5, 5.41) is 3.24. The lowest BCUT2D eigenvalue weighted by Crippen LogP contribution is -2.02. The number of rotatable bonds is 5. The Morgan fingerprint density at radius 3 is 2.62 bits per heavy atom. The molecule has 0 amide bonds. The van der Waals surface area contributed by atoms with Gasteiger partial charge < -0.3 is 10.1 Å². The lowest BCUT2D eigenvalue weighted by Gasteiger charge is -2.13. The Balaban J connectivity index is 1.97. The van der Waals surface area contributed by atoms with E-state index < -0.39 is 0 Å². The van der Waals surface area contributed by atoms with E-state index in [4.69, 9.17) is 4.74 Å². The zero-order valence-corrected chi connectivity index (χ0v) is 14.2. The van der Waals surface area contributed by atoms with Gasteiger partial charge in [0.25, 0.3) is 0 Å². The number of aryl methyl sites for hydroxylation is 2. The summed E-state index contributed by atoms with van der Waals surface area (Å²) in [6.45, 7) is 6.60. The number of pyridine rings is 2. The predicted octanol–water partition coefficient (Wildman–Crippen LogP) is 4.90. The molecule has 0 unspecified atom stereocenters. The normalized spacial score (nSPS) is 10.5. The molecule has 0 atom stereocenters. The van der Waals surface area contributed by atoms with Gasteiger partial charge in [-0.1, -0.05) is 30.3 Å². The summed E-state index contributed by atoms with van der Waals surface area (Å²) in [4.78, 5) is 9.02. The molecule has 2 aromatic heterocycles. The molecule has 0 radical (unpaired) electrons. The Morgan fingerprint density at radius 2 is 1.88 bits per heavy atom. The molecule has 0 bridgehead atoms. The van der Waals surface area contributed by atoms with E-state index in [9.17, 15) is 0 Å². The zero-order chi connectivity index (χ0) is 16.9. The van der Waals surface area contributed by atoms with Gasteiger partial charge in [-0.05, 0) is 50.1 Å². The second-order valence-corrected chi connectivity index (χ2v) is 5.61. The summed E-state index contributed by atoms with van der Waals surface area (Å²) in [6.07, 6.45) is 1.86. The monoisotopic (exact) mass is 319 g/mol. The number of aromatic nitrogens is 2. The minimum Gasteiger partial charge on any atom is -0.490 e. The van der Waals surface area contributed by atoms with Gasteiger partial charge in [0.15, 0.2) is 11.6 Å². The van der Waals surface area contributed by atoms with E-state index in [2.05, 4.69) is 34.3 Å². The van der Waals surface area contributed by atoms with Crippen LogP contribution >= 0.6 is 0 Å². The van der Waals surface area contributed by atoms with E-state index in [1.54, 1.807) is 0 Å². The second-order valence-electron chi connectivity index (χ2n) is 5.61. The van der Waals surface area contributed by atoms with Gasteiger partial charge in [-0.3, -0.25) is 0 Å². The average Bonchev–Trinajstić information content (AvgIpc) is 2.57. The van der Waals surface area contributed by atoms with E-state index in [0.29, 0.717) is 12.4 Å². The lowest BCUT2D eigenvalue weighted by molar-refractivity contribution is 0.341. The van der Waals surface area contributed by atoms with Gasteiger partial charge in [-0.2, -0.15) is 0 Å². The van der Waals surface area contributed by atoms with Crippen LogP contribution in [-0.4, -0.2) is 16.6 Å². The molecule has 122 valence electrons. The van der Waals surface area contributed by atoms with Gasteiger partial charge in [0.05, 0.1) is 6.61 Å². The van der Waals surface area contributed by atoms with Crippen molar-refractivity contribution in [2.45, 2.75) is 20.8 Å². The maximum Gasteiger partial charge on any atom is 0.174 e. The van der Waals surface area contributed by atoms with Crippen LogP contribution in [0.3, 0.4) is 0 Å². The van der Waals surface area contributed by atoms with Crippen molar-refractivity contribution in [2.75, 3.05) is 11.9 Å². The first-order valence-corrected chi connectivity index (χ1v) is 8.07. The quantitative estimate of drug-likeness (QED) is 0.726. The predicted molar refractivity (Wildman–Crippen MR) is 97.8 cm³/mol. The summed E-state index contributed by atoms with van der Waals surface area (Å²) >= 11 is 0. The van der Waals surface area contributed by atoms with Crippen LogP contribution < -0.4 is 10.1 Å². The van der Waals surface area contributed by atoms with Crippen LogP contribution in [0.5, 0.6) is 5.75 Å². The van der Waals surface area contributed by atoms with Crippen molar-refractivity contribution >= 4 is 11.6 Å². The minimum atomic E-state index is 0.578. The van der Waals surface area contributed by atoms with Crippen molar-refractivity contribution in [1.82, 2.24) is 9.97 Å². The lowest BCUT2D eigenvalue weighted by atomic mass is 10.0. The number of hydrogen-bond acceptors (Lipinski definition) is 4. The average molecular weight is 319 g/mol. The van der Waals surface area contributed by atoms with Gasteiger partial charge >= 0.3 is 0 Å². The summed E-state index contributed by atoms with van der Waals surface area (Å²) in [5.74, 6) is 2.15. The fourth-order valence-corrected chi connectivity index (χ4v) is 2.58. The molecule has 1 N–H and O–H groups in total. The Morgan fingerprint density at radius 1 is 1.04 bits per heavy atom. The highest BCUT2D eigenvalue weighted by molar-refractivity contribution is 5.71. The molecule has 0 aliphatic rings. The molecule has 1 aromatic carbocycles. The third-order valence-electron chi connectivity index (χ3n) is 3.74. The van der Waals surface area contributed by atoms with Crippen LogP contribution in [0, 0.1) is 13.8 Å². The van der Waals surface area contributed by atoms with Gasteiger partial charge in [0.2, 0.25) is 0 Å². The number of nitrogens with one attached hydrogen (secondary N) is 1. The maximum absolute atomic E-state index is 5.79. The SMILES string of the molecule is CCOc1cc(-c2ccccc2C)cnc1Nc1cccc(C)n1. The van der Waals surface area contributed by atoms with Crippen molar-refractivity contribution in [1.29, 1.82) is 0 Å². The van der Waals surface area contributed by atoms with Crippen molar-refractivity contribution in [2.24, 2.45) is 0 Å². The van der Waals surface area contributed by atoms with Crippen LogP contribution in [0.1, 0.15) is 18.2 Å². The fraction of sp³-hybridized carbons (Fsp3) is 0.200. The van der Waals surface area contributed by atoms with Crippen LogP contribution in [0.15, 0.2) is 54.7 Å². The molecule has 0 spiro atoms. The smallest absolute Gasteiger partial charge is 0.174 e. The molecule has 2 heterocycles. The molecule has 0 saturated carbocycles. The Labute approximate surface area is 142 Å². The first-order chi connectivity index (χ1) is 11.7. The van der Waals surface area contributed by atoms with Crippen LogP contribution in [0.4, 0.5) is 11.6 Å². The summed E-state index contributed by atoms with van der Waals surface area (Å²) < 4.78 is 5.79. The van der Waals surface area contributed by atoms with Crippen LogP contribution in [0.2, 0.25) is 0 Å². The number of benzene rings is 1. The third-order valence-corrected chi connectivity index (χ3v) is 3.74. The highest BCUT2D eigenvalue weighted by Crippen LogP contribution is 2.31. The number of nitrogens with zero attached hydrogens (tertiary/aromatic N) is 2. The van der Waals surface area contributed by atoms with E-state index in [1.807, 2.05) is 56.4 Å². The molecule has 24 heavy (non-hydrogen) atoms. The van der Waals surface area contributed by atoms with Gasteiger partial charge in [0.1, 0.15) is 5.82 Å². The molecule has 0 saturated heterocycles. The minimum absolute atomic E-state index is 0.578. The Kier molecular flexibility index (Phi) is 4.75. The number of hydrogen-bond donors (Lipinski definition) is 1. The van der Waals surface area contributed by atoms with E-state index in [-0.39, 0.29) is 0 Å². The zero-order valence-electron chi connectivity index (χ0n) is 14.2. The molecular weight excluding hydrogens is 298 g/mol. The molecule has 0 aliphatic heterocycles. The maximum atomic E-state index is 5.79. The molecule has 3 rings (SSSR count). The van der Waals surface area contributed by atoms with Gasteiger partial charge in [0, 0.05) is 17.5 Å². The highest BCUT2D eigenvalue weighted by Gasteiger charge is 2.10. The van der Waals surface area contributed by atoms with Crippen LogP contribution in [0.25, 0.3) is 11.1 Å². The van der Waals surface area contributed by atoms with E-state index in [1.165, 1.54) is 5.56 Å². The summed E-state index contributed by atoms with van der Waals surface area (Å²) in [5.41, 5.74) is 4.36. The van der Waals surface area contributed by atoms with E-state index in [0.717, 1.165) is 28.4 Å². The topological polar surface area (TPSA) is 47.0 Å². The second kappa shape index (κ2) is 7.13. The largest absolute Gasteiger partial charge is 0.490 e. The van der Waals surface area contributed by atoms with Gasteiger partial charge in [-0.25, -0.2) is 9.97 Å².